The van der Waals surface area contributed by atoms with Crippen LogP contribution >= 0.6 is 11.3 Å². The molecule has 2 aromatic rings. The van der Waals surface area contributed by atoms with Crippen LogP contribution in [0.1, 0.15) is 6.92 Å². The van der Waals surface area contributed by atoms with Gasteiger partial charge in [-0.25, -0.2) is 4.98 Å². The van der Waals surface area contributed by atoms with Gasteiger partial charge in [0.15, 0.2) is 5.13 Å². The molecule has 1 atom stereocenters. The van der Waals surface area contributed by atoms with Gasteiger partial charge < -0.3 is 10.2 Å². The first-order chi connectivity index (χ1) is 7.83. The molecular formula is C12H15N3S. The van der Waals surface area contributed by atoms with Crippen molar-refractivity contribution in [1.29, 1.82) is 0 Å². The molecule has 1 N–H and O–H groups in total. The predicted molar refractivity (Wildman–Crippen MR) is 69.3 cm³/mol. The minimum Gasteiger partial charge on any atom is -0.345 e. The average molecular weight is 233 g/mol. The van der Waals surface area contributed by atoms with Gasteiger partial charge in [0.25, 0.3) is 0 Å². The molecule has 0 amide bonds. The Hall–Kier alpha value is -1.13. The van der Waals surface area contributed by atoms with E-state index < -0.39 is 0 Å². The Morgan fingerprint density at radius 1 is 1.44 bits per heavy atom. The number of nitrogens with one attached hydrogen (secondary N) is 1. The zero-order valence-electron chi connectivity index (χ0n) is 9.31. The van der Waals surface area contributed by atoms with Crippen molar-refractivity contribution in [3.63, 3.8) is 0 Å². The van der Waals surface area contributed by atoms with Gasteiger partial charge in [-0.2, -0.15) is 0 Å². The fraction of sp³-hybridized carbons (Fsp3) is 0.417. The third-order valence-corrected chi connectivity index (χ3v) is 4.02. The Labute approximate surface area is 99.1 Å². The van der Waals surface area contributed by atoms with Gasteiger partial charge in [-0.3, -0.25) is 0 Å². The van der Waals surface area contributed by atoms with Crippen LogP contribution in [0.25, 0.3) is 10.2 Å². The second-order valence-electron chi connectivity index (χ2n) is 4.27. The first-order valence-electron chi connectivity index (χ1n) is 5.67. The minimum absolute atomic E-state index is 0.556. The monoisotopic (exact) mass is 233 g/mol. The maximum absolute atomic E-state index is 4.69. The molecule has 1 saturated heterocycles. The number of piperazine rings is 1. The molecule has 4 heteroatoms. The van der Waals surface area contributed by atoms with Crippen molar-refractivity contribution in [1.82, 2.24) is 10.3 Å². The summed E-state index contributed by atoms with van der Waals surface area (Å²) < 4.78 is 1.28. The van der Waals surface area contributed by atoms with E-state index in [9.17, 15) is 0 Å². The van der Waals surface area contributed by atoms with Crippen LogP contribution in [0.4, 0.5) is 5.13 Å². The number of hydrogen-bond acceptors (Lipinski definition) is 4. The number of rotatable bonds is 1. The standard InChI is InChI=1S/C12H15N3S/c1-9-8-15(7-6-13-9)12-14-10-4-2-3-5-11(10)16-12/h2-5,9,13H,6-8H2,1H3/t9-/m0/s1. The average Bonchev–Trinajstić information content (AvgIpc) is 2.72. The normalized spacial score (nSPS) is 21.6. The first kappa shape index (κ1) is 10.1. The van der Waals surface area contributed by atoms with Gasteiger partial charge in [0.05, 0.1) is 10.2 Å². The van der Waals surface area contributed by atoms with Crippen molar-refractivity contribution >= 4 is 26.7 Å². The number of anilines is 1. The van der Waals surface area contributed by atoms with Crippen LogP contribution in [0, 0.1) is 0 Å². The SMILES string of the molecule is C[C@H]1CN(c2nc3ccccc3s2)CCN1. The highest BCUT2D eigenvalue weighted by Gasteiger charge is 2.18. The Kier molecular flexibility index (Phi) is 2.53. The second-order valence-corrected chi connectivity index (χ2v) is 5.27. The fourth-order valence-electron chi connectivity index (χ4n) is 2.10. The molecule has 0 unspecified atom stereocenters. The molecule has 0 aliphatic carbocycles. The van der Waals surface area contributed by atoms with Crippen molar-refractivity contribution in [2.75, 3.05) is 24.5 Å². The Morgan fingerprint density at radius 2 is 2.31 bits per heavy atom. The highest BCUT2D eigenvalue weighted by atomic mass is 32.1. The molecule has 1 aromatic heterocycles. The molecule has 16 heavy (non-hydrogen) atoms. The van der Waals surface area contributed by atoms with E-state index in [0.717, 1.165) is 30.3 Å². The molecule has 3 nitrogen and oxygen atoms in total. The van der Waals surface area contributed by atoms with E-state index in [1.165, 1.54) is 4.70 Å². The maximum Gasteiger partial charge on any atom is 0.186 e. The summed E-state index contributed by atoms with van der Waals surface area (Å²) in [6.07, 6.45) is 0. The topological polar surface area (TPSA) is 28.2 Å². The maximum atomic E-state index is 4.69. The molecule has 0 radical (unpaired) electrons. The summed E-state index contributed by atoms with van der Waals surface area (Å²) in [5.74, 6) is 0. The van der Waals surface area contributed by atoms with Gasteiger partial charge in [-0.15, -0.1) is 0 Å². The number of aromatic nitrogens is 1. The van der Waals surface area contributed by atoms with Crippen LogP contribution in [0.2, 0.25) is 0 Å². The van der Waals surface area contributed by atoms with Crippen molar-refractivity contribution in [3.05, 3.63) is 24.3 Å². The molecular weight excluding hydrogens is 218 g/mol. The third-order valence-electron chi connectivity index (χ3n) is 2.92. The summed E-state index contributed by atoms with van der Waals surface area (Å²) in [5.41, 5.74) is 1.12. The number of nitrogens with zero attached hydrogens (tertiary/aromatic N) is 2. The van der Waals surface area contributed by atoms with Crippen molar-refractivity contribution < 1.29 is 0 Å². The first-order valence-corrected chi connectivity index (χ1v) is 6.48. The van der Waals surface area contributed by atoms with E-state index in [1.54, 1.807) is 11.3 Å². The van der Waals surface area contributed by atoms with E-state index in [2.05, 4.69) is 40.3 Å². The highest BCUT2D eigenvalue weighted by Crippen LogP contribution is 2.28. The number of fused-ring (bicyclic) bond motifs is 1. The molecule has 1 aliphatic heterocycles. The number of benzene rings is 1. The summed E-state index contributed by atoms with van der Waals surface area (Å²) in [5, 5.41) is 4.61. The molecule has 0 bridgehead atoms. The molecule has 1 aromatic carbocycles. The zero-order chi connectivity index (χ0) is 11.0. The quantitative estimate of drug-likeness (QED) is 0.817. The Balaban J connectivity index is 1.93. The van der Waals surface area contributed by atoms with E-state index in [1.807, 2.05) is 6.07 Å². The number of hydrogen-bond donors (Lipinski definition) is 1. The second kappa shape index (κ2) is 4.03. The zero-order valence-corrected chi connectivity index (χ0v) is 10.1. The lowest BCUT2D eigenvalue weighted by Gasteiger charge is -2.31. The number of thiazole rings is 1. The lowest BCUT2D eigenvalue weighted by atomic mass is 10.2. The smallest absolute Gasteiger partial charge is 0.186 e. The van der Waals surface area contributed by atoms with Gasteiger partial charge in [0, 0.05) is 25.7 Å². The van der Waals surface area contributed by atoms with Gasteiger partial charge in [-0.05, 0) is 19.1 Å². The minimum atomic E-state index is 0.556. The van der Waals surface area contributed by atoms with Gasteiger partial charge in [-0.1, -0.05) is 23.5 Å². The number of para-hydroxylation sites is 1. The van der Waals surface area contributed by atoms with Crippen molar-refractivity contribution in [3.8, 4) is 0 Å². The third kappa shape index (κ3) is 1.79. The summed E-state index contributed by atoms with van der Waals surface area (Å²) in [4.78, 5) is 7.07. The van der Waals surface area contributed by atoms with Crippen LogP contribution in [-0.2, 0) is 0 Å². The van der Waals surface area contributed by atoms with Gasteiger partial charge in [0.1, 0.15) is 0 Å². The molecule has 2 heterocycles. The summed E-state index contributed by atoms with van der Waals surface area (Å²) in [6, 6.07) is 8.90. The summed E-state index contributed by atoms with van der Waals surface area (Å²) in [6.45, 7) is 5.39. The fourth-order valence-corrected chi connectivity index (χ4v) is 3.10. The van der Waals surface area contributed by atoms with Crippen molar-refractivity contribution in [2.24, 2.45) is 0 Å². The van der Waals surface area contributed by atoms with Crippen LogP contribution in [0.5, 0.6) is 0 Å². The van der Waals surface area contributed by atoms with Crippen LogP contribution < -0.4 is 10.2 Å². The van der Waals surface area contributed by atoms with E-state index in [-0.39, 0.29) is 0 Å². The Bertz CT molecular complexity index is 461. The van der Waals surface area contributed by atoms with Crippen LogP contribution in [0.15, 0.2) is 24.3 Å². The lowest BCUT2D eigenvalue weighted by molar-refractivity contribution is 0.484. The molecule has 1 aliphatic rings. The highest BCUT2D eigenvalue weighted by molar-refractivity contribution is 7.22. The largest absolute Gasteiger partial charge is 0.345 e. The molecule has 84 valence electrons. The molecule has 0 saturated carbocycles. The summed E-state index contributed by atoms with van der Waals surface area (Å²) in [7, 11) is 0. The van der Waals surface area contributed by atoms with Gasteiger partial charge in [0.2, 0.25) is 0 Å². The van der Waals surface area contributed by atoms with Gasteiger partial charge >= 0.3 is 0 Å². The summed E-state index contributed by atoms with van der Waals surface area (Å²) >= 11 is 1.79. The van der Waals surface area contributed by atoms with Crippen LogP contribution in [0.3, 0.4) is 0 Å². The van der Waals surface area contributed by atoms with E-state index >= 15 is 0 Å². The van der Waals surface area contributed by atoms with E-state index in [0.29, 0.717) is 6.04 Å². The Morgan fingerprint density at radius 3 is 3.12 bits per heavy atom. The molecule has 0 spiro atoms. The van der Waals surface area contributed by atoms with Crippen molar-refractivity contribution in [2.45, 2.75) is 13.0 Å². The lowest BCUT2D eigenvalue weighted by Crippen LogP contribution is -2.49. The van der Waals surface area contributed by atoms with E-state index in [4.69, 9.17) is 0 Å². The predicted octanol–water partition coefficient (Wildman–Crippen LogP) is 2.09. The molecule has 3 rings (SSSR count). The molecule has 1 fully saturated rings. The van der Waals surface area contributed by atoms with Crippen LogP contribution in [-0.4, -0.2) is 30.7 Å².